The number of primary amides is 1. The number of hydrogen-bond acceptors (Lipinski definition) is 9. The fourth-order valence-corrected chi connectivity index (χ4v) is 6.53. The van der Waals surface area contributed by atoms with Crippen LogP contribution in [0.3, 0.4) is 0 Å². The van der Waals surface area contributed by atoms with Crippen molar-refractivity contribution in [2.45, 2.75) is 30.6 Å². The lowest BCUT2D eigenvalue weighted by Gasteiger charge is -2.53. The maximum absolute atomic E-state index is 13.9. The lowest BCUT2D eigenvalue weighted by Crippen LogP contribution is -2.68. The molecule has 10 nitrogen and oxygen atoms in total. The smallest absolute Gasteiger partial charge is 0.255 e. The summed E-state index contributed by atoms with van der Waals surface area (Å²) in [6, 6.07) is 7.43. The largest absolute Gasteiger partial charge is 0.510 e. The standard InChI is InChI=1S/C30H29FN2O8/c1-12-16-11-8-14(7-4-13-5-9-15(31)10-6-13)23(34)18(16)24(35)19-17(12)25(36)21-22(33(2)3)26(37)20(29(32)40)28(39)30(21,41)27(19)38/h4-12,17,21-22,25,34,36-38,41H,1-3H3,(H2,32,40)/b7-4+. The van der Waals surface area contributed by atoms with Gasteiger partial charge in [-0.25, -0.2) is 4.39 Å². The van der Waals surface area contributed by atoms with E-state index in [2.05, 4.69) is 0 Å². The second-order valence-electron chi connectivity index (χ2n) is 10.9. The average molecular weight is 565 g/mol. The number of phenols is 1. The zero-order chi connectivity index (χ0) is 30.1. The number of benzene rings is 2. The molecule has 0 saturated heterocycles. The van der Waals surface area contributed by atoms with E-state index in [1.807, 2.05) is 0 Å². The van der Waals surface area contributed by atoms with Gasteiger partial charge in [-0.2, -0.15) is 0 Å². The number of fused-ring (bicyclic) bond motifs is 3. The molecule has 6 unspecified atom stereocenters. The quantitative estimate of drug-likeness (QED) is 0.239. The van der Waals surface area contributed by atoms with E-state index in [4.69, 9.17) is 5.73 Å². The molecule has 11 heteroatoms. The van der Waals surface area contributed by atoms with Crippen LogP contribution >= 0.6 is 0 Å². The SMILES string of the molecule is CC1c2ccc(/C=C/c3ccc(F)cc3)c(O)c2C(=O)C2=C(O)C3(O)C(=O)C(C(N)=O)=C(O)C(N(C)C)C3C(O)C21. The number of likely N-dealkylation sites (N-methyl/N-ethyl adjacent to an activating group) is 1. The number of nitrogens with zero attached hydrogens (tertiary/aromatic N) is 1. The van der Waals surface area contributed by atoms with Gasteiger partial charge in [-0.15, -0.1) is 0 Å². The van der Waals surface area contributed by atoms with Crippen molar-refractivity contribution in [3.8, 4) is 5.75 Å². The van der Waals surface area contributed by atoms with Crippen molar-refractivity contribution >= 4 is 29.6 Å². The van der Waals surface area contributed by atoms with Gasteiger partial charge in [0.1, 0.15) is 28.7 Å². The van der Waals surface area contributed by atoms with E-state index in [1.54, 1.807) is 25.1 Å². The van der Waals surface area contributed by atoms with Crippen LogP contribution in [0.1, 0.15) is 39.9 Å². The number of rotatable bonds is 4. The minimum atomic E-state index is -2.97. The van der Waals surface area contributed by atoms with Crippen molar-refractivity contribution in [2.24, 2.45) is 17.6 Å². The first-order chi connectivity index (χ1) is 19.2. The van der Waals surface area contributed by atoms with E-state index in [-0.39, 0.29) is 11.1 Å². The Kier molecular flexibility index (Phi) is 6.64. The zero-order valence-electron chi connectivity index (χ0n) is 22.4. The molecule has 0 spiro atoms. The predicted molar refractivity (Wildman–Crippen MR) is 145 cm³/mol. The van der Waals surface area contributed by atoms with Gasteiger partial charge in [0.05, 0.1) is 23.6 Å². The van der Waals surface area contributed by atoms with Gasteiger partial charge in [0.25, 0.3) is 5.91 Å². The van der Waals surface area contributed by atoms with Crippen LogP contribution in [-0.4, -0.2) is 79.7 Å². The highest BCUT2D eigenvalue weighted by Gasteiger charge is 2.67. The summed E-state index contributed by atoms with van der Waals surface area (Å²) in [5.41, 5.74) is 1.95. The number of hydrogen-bond donors (Lipinski definition) is 6. The lowest BCUT2D eigenvalue weighted by atomic mass is 9.55. The third-order valence-corrected chi connectivity index (χ3v) is 8.49. The van der Waals surface area contributed by atoms with Crippen LogP contribution in [0, 0.1) is 17.7 Å². The average Bonchev–Trinajstić information content (AvgIpc) is 2.90. The molecule has 3 aliphatic carbocycles. The van der Waals surface area contributed by atoms with Gasteiger partial charge in [0, 0.05) is 17.1 Å². The number of halogens is 1. The van der Waals surface area contributed by atoms with Crippen molar-refractivity contribution in [2.75, 3.05) is 14.1 Å². The van der Waals surface area contributed by atoms with Crippen LogP contribution in [-0.2, 0) is 9.59 Å². The Morgan fingerprint density at radius 3 is 2.27 bits per heavy atom. The summed E-state index contributed by atoms with van der Waals surface area (Å²) < 4.78 is 13.3. The molecule has 0 radical (unpaired) electrons. The van der Waals surface area contributed by atoms with E-state index in [9.17, 15) is 44.3 Å². The number of aliphatic hydroxyl groups excluding tert-OH is 3. The van der Waals surface area contributed by atoms with Gasteiger partial charge in [-0.05, 0) is 43.3 Å². The number of ketones is 2. The molecule has 1 amide bonds. The molecule has 7 N–H and O–H groups in total. The van der Waals surface area contributed by atoms with E-state index < -0.39 is 87.2 Å². The molecule has 2 aromatic rings. The third kappa shape index (κ3) is 3.91. The number of carbonyl (C=O) groups is 3. The van der Waals surface area contributed by atoms with Crippen molar-refractivity contribution in [3.63, 3.8) is 0 Å². The van der Waals surface area contributed by atoms with Gasteiger partial charge in [0.2, 0.25) is 5.78 Å². The van der Waals surface area contributed by atoms with Crippen molar-refractivity contribution < 1.29 is 44.3 Å². The summed E-state index contributed by atoms with van der Waals surface area (Å²) >= 11 is 0. The van der Waals surface area contributed by atoms with Gasteiger partial charge < -0.3 is 31.3 Å². The number of nitrogens with two attached hydrogens (primary N) is 1. The molecule has 0 aliphatic heterocycles. The number of Topliss-reactive ketones (excluding diaryl/α,β-unsaturated/α-hetero) is 2. The Labute approximate surface area is 234 Å². The molecule has 2 aromatic carbocycles. The number of amides is 1. The van der Waals surface area contributed by atoms with E-state index in [1.165, 1.54) is 49.3 Å². The summed E-state index contributed by atoms with van der Waals surface area (Å²) in [6.07, 6.45) is 1.45. The molecule has 0 heterocycles. The molecule has 3 aliphatic rings. The molecular formula is C30H29FN2O8. The van der Waals surface area contributed by atoms with Crippen molar-refractivity contribution in [1.29, 1.82) is 0 Å². The maximum atomic E-state index is 13.9. The van der Waals surface area contributed by atoms with Crippen LogP contribution in [0.4, 0.5) is 4.39 Å². The number of aromatic hydroxyl groups is 1. The first-order valence-electron chi connectivity index (χ1n) is 12.9. The summed E-state index contributed by atoms with van der Waals surface area (Å²) in [5.74, 6) is -9.83. The Morgan fingerprint density at radius 1 is 1.05 bits per heavy atom. The molecule has 0 aromatic heterocycles. The number of phenolic OH excluding ortho intramolecular Hbond substituents is 1. The van der Waals surface area contributed by atoms with Gasteiger partial charge in [0.15, 0.2) is 11.4 Å². The Balaban J connectivity index is 1.69. The summed E-state index contributed by atoms with van der Waals surface area (Å²) in [5, 5.41) is 56.9. The van der Waals surface area contributed by atoms with Gasteiger partial charge >= 0.3 is 0 Å². The molecule has 41 heavy (non-hydrogen) atoms. The highest BCUT2D eigenvalue weighted by atomic mass is 19.1. The van der Waals surface area contributed by atoms with Crippen molar-refractivity contribution in [3.05, 3.63) is 87.1 Å². The maximum Gasteiger partial charge on any atom is 0.255 e. The van der Waals surface area contributed by atoms with E-state index >= 15 is 0 Å². The van der Waals surface area contributed by atoms with E-state index in [0.29, 0.717) is 11.1 Å². The minimum Gasteiger partial charge on any atom is -0.510 e. The number of carbonyl (C=O) groups excluding carboxylic acids is 3. The fraction of sp³-hybridized carbons (Fsp3) is 0.300. The second kappa shape index (κ2) is 9.65. The Hall–Kier alpha value is -4.32. The summed E-state index contributed by atoms with van der Waals surface area (Å²) in [7, 11) is 2.95. The van der Waals surface area contributed by atoms with E-state index in [0.717, 1.165) is 0 Å². The molecule has 0 fully saturated rings. The first-order valence-corrected chi connectivity index (χ1v) is 12.9. The monoisotopic (exact) mass is 564 g/mol. The first kappa shape index (κ1) is 28.2. The molecule has 0 saturated carbocycles. The van der Waals surface area contributed by atoms with Crippen LogP contribution in [0.15, 0.2) is 59.1 Å². The highest BCUT2D eigenvalue weighted by molar-refractivity contribution is 6.25. The topological polar surface area (TPSA) is 182 Å². The molecule has 6 atom stereocenters. The molecule has 214 valence electrons. The highest BCUT2D eigenvalue weighted by Crippen LogP contribution is 2.55. The van der Waals surface area contributed by atoms with Crippen LogP contribution in [0.2, 0.25) is 0 Å². The van der Waals surface area contributed by atoms with Crippen molar-refractivity contribution in [1.82, 2.24) is 4.90 Å². The van der Waals surface area contributed by atoms with Crippen LogP contribution in [0.5, 0.6) is 5.75 Å². The fourth-order valence-electron chi connectivity index (χ4n) is 6.53. The summed E-state index contributed by atoms with van der Waals surface area (Å²) in [4.78, 5) is 40.9. The Morgan fingerprint density at radius 2 is 1.68 bits per heavy atom. The molecule has 5 rings (SSSR count). The predicted octanol–water partition coefficient (Wildman–Crippen LogP) is 1.96. The summed E-state index contributed by atoms with van der Waals surface area (Å²) in [6.45, 7) is 1.66. The van der Waals surface area contributed by atoms with Crippen LogP contribution < -0.4 is 5.73 Å². The van der Waals surface area contributed by atoms with Gasteiger partial charge in [-0.1, -0.05) is 43.3 Å². The molecule has 0 bridgehead atoms. The second-order valence-corrected chi connectivity index (χ2v) is 10.9. The normalized spacial score (nSPS) is 29.6. The lowest BCUT2D eigenvalue weighted by molar-refractivity contribution is -0.162. The van der Waals surface area contributed by atoms with Gasteiger partial charge in [-0.3, -0.25) is 19.3 Å². The Bertz CT molecular complexity index is 1590. The number of aliphatic hydroxyl groups is 4. The minimum absolute atomic E-state index is 0.188. The third-order valence-electron chi connectivity index (χ3n) is 8.49. The van der Waals surface area contributed by atoms with Crippen LogP contribution in [0.25, 0.3) is 12.2 Å². The zero-order valence-corrected chi connectivity index (χ0v) is 22.4. The molecular weight excluding hydrogens is 535 g/mol.